The molecule has 0 saturated heterocycles. The zero-order valence-corrected chi connectivity index (χ0v) is 17.6. The quantitative estimate of drug-likeness (QED) is 0.552. The Balaban J connectivity index is 1.60. The van der Waals surface area contributed by atoms with Gasteiger partial charge in [0.2, 0.25) is 0 Å². The van der Waals surface area contributed by atoms with Gasteiger partial charge in [0.1, 0.15) is 23.7 Å². The molecule has 156 valence electrons. The topological polar surface area (TPSA) is 90.7 Å². The van der Waals surface area contributed by atoms with Crippen LogP contribution >= 0.6 is 11.6 Å². The maximum Gasteiger partial charge on any atom is 0.342 e. The number of nitrogens with zero attached hydrogens (tertiary/aromatic N) is 1. The molecular weight excluding hydrogens is 408 g/mol. The molecule has 1 aromatic heterocycles. The van der Waals surface area contributed by atoms with E-state index in [4.69, 9.17) is 25.6 Å². The van der Waals surface area contributed by atoms with E-state index in [0.717, 1.165) is 16.8 Å². The highest BCUT2D eigenvalue weighted by molar-refractivity contribution is 6.31. The van der Waals surface area contributed by atoms with Gasteiger partial charge in [-0.25, -0.2) is 4.79 Å². The smallest absolute Gasteiger partial charge is 0.342 e. The summed E-state index contributed by atoms with van der Waals surface area (Å²) in [6, 6.07) is 11.8. The number of esters is 1. The molecule has 0 aliphatic rings. The predicted molar refractivity (Wildman–Crippen MR) is 112 cm³/mol. The minimum atomic E-state index is -0.665. The van der Waals surface area contributed by atoms with Crippen molar-refractivity contribution < 1.29 is 23.6 Å². The second-order valence-corrected chi connectivity index (χ2v) is 7.08. The van der Waals surface area contributed by atoms with E-state index in [1.54, 1.807) is 49.4 Å². The first-order valence-corrected chi connectivity index (χ1v) is 9.59. The van der Waals surface area contributed by atoms with Crippen molar-refractivity contribution in [2.75, 3.05) is 11.9 Å². The highest BCUT2D eigenvalue weighted by Crippen LogP contribution is 2.23. The highest BCUT2D eigenvalue weighted by Gasteiger charge is 2.17. The molecule has 3 aromatic rings. The lowest BCUT2D eigenvalue weighted by Gasteiger charge is -2.11. The summed E-state index contributed by atoms with van der Waals surface area (Å²) < 4.78 is 16.0. The monoisotopic (exact) mass is 428 g/mol. The SMILES string of the molecule is Cc1ccc(NC(=O)COC(=O)c2ccccc2OCc2c(C)noc2C)cc1Cl. The van der Waals surface area contributed by atoms with E-state index >= 15 is 0 Å². The first kappa shape index (κ1) is 21.4. The molecule has 2 aromatic carbocycles. The van der Waals surface area contributed by atoms with Gasteiger partial charge in [0.15, 0.2) is 6.61 Å². The van der Waals surface area contributed by atoms with Gasteiger partial charge in [-0.15, -0.1) is 0 Å². The van der Waals surface area contributed by atoms with Gasteiger partial charge in [-0.05, 0) is 50.6 Å². The van der Waals surface area contributed by atoms with Crippen molar-refractivity contribution in [3.8, 4) is 5.75 Å². The maximum absolute atomic E-state index is 12.5. The molecule has 0 aliphatic heterocycles. The zero-order valence-electron chi connectivity index (χ0n) is 16.8. The average Bonchev–Trinajstić information content (AvgIpc) is 3.05. The summed E-state index contributed by atoms with van der Waals surface area (Å²) in [5, 5.41) is 7.05. The summed E-state index contributed by atoms with van der Waals surface area (Å²) in [6.45, 7) is 5.22. The van der Waals surface area contributed by atoms with E-state index in [2.05, 4.69) is 10.5 Å². The second kappa shape index (κ2) is 9.45. The Kier molecular flexibility index (Phi) is 6.74. The molecule has 0 bridgehead atoms. The molecule has 0 spiro atoms. The van der Waals surface area contributed by atoms with Crippen LogP contribution in [0.25, 0.3) is 0 Å². The zero-order chi connectivity index (χ0) is 21.7. The third-order valence-corrected chi connectivity index (χ3v) is 4.86. The number of hydrogen-bond acceptors (Lipinski definition) is 6. The normalized spacial score (nSPS) is 10.5. The van der Waals surface area contributed by atoms with Gasteiger partial charge in [0.25, 0.3) is 5.91 Å². The summed E-state index contributed by atoms with van der Waals surface area (Å²) in [7, 11) is 0. The molecule has 1 heterocycles. The standard InChI is InChI=1S/C22H21ClN2O5/c1-13-8-9-16(10-19(13)23)24-21(26)12-29-22(27)17-6-4-5-7-20(17)28-11-18-14(2)25-30-15(18)3/h4-10H,11-12H2,1-3H3,(H,24,26). The van der Waals surface area contributed by atoms with Crippen LogP contribution in [0.5, 0.6) is 5.75 Å². The molecule has 0 aliphatic carbocycles. The van der Waals surface area contributed by atoms with Crippen LogP contribution in [0.2, 0.25) is 5.02 Å². The number of amides is 1. The molecule has 1 N–H and O–H groups in total. The summed E-state index contributed by atoms with van der Waals surface area (Å²) in [4.78, 5) is 24.6. The predicted octanol–water partition coefficient (Wildman–Crippen LogP) is 4.63. The van der Waals surface area contributed by atoms with Gasteiger partial charge in [-0.1, -0.05) is 35.0 Å². The van der Waals surface area contributed by atoms with Crippen molar-refractivity contribution in [1.82, 2.24) is 5.16 Å². The number of rotatable bonds is 7. The molecule has 0 radical (unpaired) electrons. The number of anilines is 1. The second-order valence-electron chi connectivity index (χ2n) is 6.68. The fourth-order valence-corrected chi connectivity index (χ4v) is 2.88. The molecule has 30 heavy (non-hydrogen) atoms. The number of carbonyl (C=O) groups excluding carboxylic acids is 2. The lowest BCUT2D eigenvalue weighted by molar-refractivity contribution is -0.119. The Hall–Kier alpha value is -3.32. The first-order valence-electron chi connectivity index (χ1n) is 9.22. The maximum atomic E-state index is 12.5. The molecule has 0 saturated carbocycles. The Morgan fingerprint density at radius 2 is 1.90 bits per heavy atom. The van der Waals surface area contributed by atoms with Crippen LogP contribution in [0.15, 0.2) is 47.0 Å². The van der Waals surface area contributed by atoms with E-state index in [9.17, 15) is 9.59 Å². The molecule has 1 amide bonds. The van der Waals surface area contributed by atoms with Crippen molar-refractivity contribution in [1.29, 1.82) is 0 Å². The molecule has 0 unspecified atom stereocenters. The Morgan fingerprint density at radius 3 is 2.60 bits per heavy atom. The molecule has 3 rings (SSSR count). The Morgan fingerprint density at radius 1 is 1.13 bits per heavy atom. The van der Waals surface area contributed by atoms with Gasteiger partial charge in [-0.3, -0.25) is 4.79 Å². The van der Waals surface area contributed by atoms with Gasteiger partial charge >= 0.3 is 5.97 Å². The number of nitrogens with one attached hydrogen (secondary N) is 1. The largest absolute Gasteiger partial charge is 0.488 e. The van der Waals surface area contributed by atoms with E-state index in [0.29, 0.717) is 22.2 Å². The minimum absolute atomic E-state index is 0.195. The van der Waals surface area contributed by atoms with Crippen LogP contribution < -0.4 is 10.1 Å². The van der Waals surface area contributed by atoms with Gasteiger partial charge in [0.05, 0.1) is 11.3 Å². The van der Waals surface area contributed by atoms with Crippen LogP contribution in [0.1, 0.15) is 32.9 Å². The summed E-state index contributed by atoms with van der Waals surface area (Å²) >= 11 is 6.05. The van der Waals surface area contributed by atoms with Crippen LogP contribution in [-0.4, -0.2) is 23.6 Å². The number of aromatic nitrogens is 1. The number of benzene rings is 2. The van der Waals surface area contributed by atoms with Crippen LogP contribution in [0.4, 0.5) is 5.69 Å². The van der Waals surface area contributed by atoms with Gasteiger partial charge in [0, 0.05) is 10.7 Å². The molecular formula is C22H21ClN2O5. The van der Waals surface area contributed by atoms with Crippen molar-refractivity contribution in [2.24, 2.45) is 0 Å². The summed E-state index contributed by atoms with van der Waals surface area (Å²) in [5.41, 5.74) is 3.18. The van der Waals surface area contributed by atoms with E-state index < -0.39 is 18.5 Å². The first-order chi connectivity index (χ1) is 14.3. The molecule has 8 heteroatoms. The fraction of sp³-hybridized carbons (Fsp3) is 0.227. The number of aryl methyl sites for hydroxylation is 3. The van der Waals surface area contributed by atoms with Crippen molar-refractivity contribution in [3.63, 3.8) is 0 Å². The summed E-state index contributed by atoms with van der Waals surface area (Å²) in [5.74, 6) is -0.146. The number of ether oxygens (including phenoxy) is 2. The van der Waals surface area contributed by atoms with Crippen LogP contribution in [0, 0.1) is 20.8 Å². The highest BCUT2D eigenvalue weighted by atomic mass is 35.5. The van der Waals surface area contributed by atoms with E-state index in [1.165, 1.54) is 0 Å². The Labute approximate surface area is 178 Å². The van der Waals surface area contributed by atoms with Gasteiger partial charge < -0.3 is 19.3 Å². The summed E-state index contributed by atoms with van der Waals surface area (Å²) in [6.07, 6.45) is 0. The lowest BCUT2D eigenvalue weighted by atomic mass is 10.2. The van der Waals surface area contributed by atoms with E-state index in [-0.39, 0.29) is 12.2 Å². The average molecular weight is 429 g/mol. The number of carbonyl (C=O) groups is 2. The van der Waals surface area contributed by atoms with Crippen molar-refractivity contribution in [2.45, 2.75) is 27.4 Å². The molecule has 0 fully saturated rings. The fourth-order valence-electron chi connectivity index (χ4n) is 2.70. The number of para-hydroxylation sites is 1. The van der Waals surface area contributed by atoms with Crippen LogP contribution in [0.3, 0.4) is 0 Å². The van der Waals surface area contributed by atoms with Crippen molar-refractivity contribution in [3.05, 3.63) is 75.6 Å². The number of halogens is 1. The number of hydrogen-bond donors (Lipinski definition) is 1. The minimum Gasteiger partial charge on any atom is -0.488 e. The van der Waals surface area contributed by atoms with E-state index in [1.807, 2.05) is 13.8 Å². The van der Waals surface area contributed by atoms with Crippen LogP contribution in [-0.2, 0) is 16.1 Å². The third kappa shape index (κ3) is 5.18. The lowest BCUT2D eigenvalue weighted by Crippen LogP contribution is -2.21. The Bertz CT molecular complexity index is 1060. The van der Waals surface area contributed by atoms with Crippen molar-refractivity contribution >= 4 is 29.2 Å². The molecule has 0 atom stereocenters. The van der Waals surface area contributed by atoms with Gasteiger partial charge in [-0.2, -0.15) is 0 Å². The molecule has 7 nitrogen and oxygen atoms in total. The third-order valence-electron chi connectivity index (χ3n) is 4.45.